The second-order valence-electron chi connectivity index (χ2n) is 5.59. The molecule has 1 aliphatic heterocycles. The molecular weight excluding hydrogens is 280 g/mol. The lowest BCUT2D eigenvalue weighted by Gasteiger charge is -2.31. The van der Waals surface area contributed by atoms with Gasteiger partial charge in [-0.05, 0) is 24.3 Å². The fraction of sp³-hybridized carbons (Fsp3) is 0.438. The van der Waals surface area contributed by atoms with Crippen molar-refractivity contribution in [3.8, 4) is 0 Å². The molecule has 0 radical (unpaired) electrons. The van der Waals surface area contributed by atoms with Crippen LogP contribution in [0.2, 0.25) is 0 Å². The van der Waals surface area contributed by atoms with Crippen LogP contribution in [0.1, 0.15) is 18.4 Å². The topological polar surface area (TPSA) is 60.2 Å². The summed E-state index contributed by atoms with van der Waals surface area (Å²) in [5.74, 6) is 0.542. The quantitative estimate of drug-likeness (QED) is 0.869. The van der Waals surface area contributed by atoms with Crippen molar-refractivity contribution in [2.45, 2.75) is 26.0 Å². The number of amides is 1. The number of piperidine rings is 1. The molecule has 0 N–H and O–H groups in total. The molecule has 0 atom stereocenters. The average Bonchev–Trinajstić information content (AvgIpc) is 3.07. The molecule has 1 fully saturated rings. The Morgan fingerprint density at radius 2 is 2.00 bits per heavy atom. The predicted octanol–water partition coefficient (Wildman–Crippen LogP) is 2.33. The molecule has 0 bridgehead atoms. The summed E-state index contributed by atoms with van der Waals surface area (Å²) in [6.45, 7) is 2.69. The highest BCUT2D eigenvalue weighted by atomic mass is 16.6. The Morgan fingerprint density at radius 3 is 2.68 bits per heavy atom. The van der Waals surface area contributed by atoms with E-state index in [1.807, 2.05) is 35.0 Å². The smallest absolute Gasteiger partial charge is 0.410 e. The fourth-order valence-electron chi connectivity index (χ4n) is 2.70. The number of hydrogen-bond donors (Lipinski definition) is 0. The van der Waals surface area contributed by atoms with E-state index in [1.54, 1.807) is 17.6 Å². The molecule has 116 valence electrons. The van der Waals surface area contributed by atoms with Crippen LogP contribution in [-0.2, 0) is 17.9 Å². The van der Waals surface area contributed by atoms with E-state index < -0.39 is 0 Å². The van der Waals surface area contributed by atoms with Crippen molar-refractivity contribution in [2.24, 2.45) is 5.92 Å². The molecule has 0 aliphatic carbocycles. The summed E-state index contributed by atoms with van der Waals surface area (Å²) < 4.78 is 7.22. The number of carbonyl (C=O) groups excluding carboxylic acids is 1. The Labute approximate surface area is 129 Å². The van der Waals surface area contributed by atoms with Crippen molar-refractivity contribution in [1.82, 2.24) is 19.7 Å². The minimum absolute atomic E-state index is 0.219. The van der Waals surface area contributed by atoms with Crippen LogP contribution in [0.25, 0.3) is 0 Å². The van der Waals surface area contributed by atoms with Gasteiger partial charge >= 0.3 is 6.09 Å². The number of nitrogens with zero attached hydrogens (tertiary/aromatic N) is 4. The van der Waals surface area contributed by atoms with E-state index in [1.165, 1.54) is 0 Å². The van der Waals surface area contributed by atoms with E-state index in [0.717, 1.165) is 38.0 Å². The van der Waals surface area contributed by atoms with Crippen molar-refractivity contribution >= 4 is 6.09 Å². The molecule has 0 spiro atoms. The lowest BCUT2D eigenvalue weighted by Crippen LogP contribution is -2.39. The summed E-state index contributed by atoms with van der Waals surface area (Å²) in [7, 11) is 0. The number of ether oxygens (including phenoxy) is 1. The summed E-state index contributed by atoms with van der Waals surface area (Å²) >= 11 is 0. The molecule has 1 amide bonds. The predicted molar refractivity (Wildman–Crippen MR) is 80.9 cm³/mol. The van der Waals surface area contributed by atoms with Crippen molar-refractivity contribution in [3.05, 3.63) is 48.5 Å². The van der Waals surface area contributed by atoms with E-state index in [2.05, 4.69) is 10.1 Å². The maximum Gasteiger partial charge on any atom is 0.410 e. The van der Waals surface area contributed by atoms with Crippen LogP contribution >= 0.6 is 0 Å². The van der Waals surface area contributed by atoms with Crippen LogP contribution in [0.5, 0.6) is 0 Å². The van der Waals surface area contributed by atoms with Crippen LogP contribution in [-0.4, -0.2) is 38.8 Å². The number of rotatable bonds is 4. The van der Waals surface area contributed by atoms with Crippen molar-refractivity contribution in [1.29, 1.82) is 0 Å². The third-order valence-corrected chi connectivity index (χ3v) is 3.99. The zero-order chi connectivity index (χ0) is 15.2. The maximum atomic E-state index is 12.1. The Bertz CT molecular complexity index is 577. The molecule has 1 aliphatic rings. The first kappa shape index (κ1) is 14.6. The molecule has 1 aromatic carbocycles. The van der Waals surface area contributed by atoms with Gasteiger partial charge in [-0.15, -0.1) is 0 Å². The molecule has 2 heterocycles. The van der Waals surface area contributed by atoms with Crippen molar-refractivity contribution < 1.29 is 9.53 Å². The summed E-state index contributed by atoms with van der Waals surface area (Å²) in [5, 5.41) is 4.13. The zero-order valence-corrected chi connectivity index (χ0v) is 12.5. The molecule has 0 unspecified atom stereocenters. The molecule has 6 heteroatoms. The molecule has 22 heavy (non-hydrogen) atoms. The third kappa shape index (κ3) is 3.84. The van der Waals surface area contributed by atoms with Gasteiger partial charge in [-0.2, -0.15) is 5.10 Å². The van der Waals surface area contributed by atoms with Crippen LogP contribution in [0.3, 0.4) is 0 Å². The second-order valence-corrected chi connectivity index (χ2v) is 5.59. The highest BCUT2D eigenvalue weighted by molar-refractivity contribution is 5.67. The van der Waals surface area contributed by atoms with Gasteiger partial charge in [-0.25, -0.2) is 9.78 Å². The first-order valence-corrected chi connectivity index (χ1v) is 7.59. The van der Waals surface area contributed by atoms with E-state index in [0.29, 0.717) is 12.5 Å². The SMILES string of the molecule is O=C(OCc1ccccc1)N1CCC(Cn2cncn2)CC1. The number of hydrogen-bond acceptors (Lipinski definition) is 4. The van der Waals surface area contributed by atoms with E-state index >= 15 is 0 Å². The van der Waals surface area contributed by atoms with Gasteiger partial charge in [0, 0.05) is 19.6 Å². The monoisotopic (exact) mass is 300 g/mol. The largest absolute Gasteiger partial charge is 0.445 e. The fourth-order valence-corrected chi connectivity index (χ4v) is 2.70. The number of benzene rings is 1. The van der Waals surface area contributed by atoms with E-state index in [4.69, 9.17) is 4.74 Å². The Hall–Kier alpha value is -2.37. The van der Waals surface area contributed by atoms with Gasteiger partial charge in [-0.1, -0.05) is 30.3 Å². The van der Waals surface area contributed by atoms with E-state index in [-0.39, 0.29) is 6.09 Å². The lowest BCUT2D eigenvalue weighted by molar-refractivity contribution is 0.0803. The summed E-state index contributed by atoms with van der Waals surface area (Å²) in [6, 6.07) is 9.75. The first-order chi connectivity index (χ1) is 10.8. The van der Waals surface area contributed by atoms with Crippen molar-refractivity contribution in [3.63, 3.8) is 0 Å². The lowest BCUT2D eigenvalue weighted by atomic mass is 9.97. The highest BCUT2D eigenvalue weighted by Gasteiger charge is 2.24. The summed E-state index contributed by atoms with van der Waals surface area (Å²) in [6.07, 6.45) is 5.01. The van der Waals surface area contributed by atoms with Gasteiger partial charge in [0.2, 0.25) is 0 Å². The zero-order valence-electron chi connectivity index (χ0n) is 12.5. The first-order valence-electron chi connectivity index (χ1n) is 7.59. The van der Waals surface area contributed by atoms with Crippen LogP contribution in [0, 0.1) is 5.92 Å². The normalized spacial score (nSPS) is 15.7. The summed E-state index contributed by atoms with van der Waals surface area (Å²) in [4.78, 5) is 17.8. The minimum Gasteiger partial charge on any atom is -0.445 e. The van der Waals surface area contributed by atoms with Gasteiger partial charge in [0.1, 0.15) is 19.3 Å². The molecule has 6 nitrogen and oxygen atoms in total. The number of carbonyl (C=O) groups is 1. The van der Waals surface area contributed by atoms with Gasteiger partial charge in [-0.3, -0.25) is 4.68 Å². The molecule has 1 aromatic heterocycles. The highest BCUT2D eigenvalue weighted by Crippen LogP contribution is 2.19. The molecule has 2 aromatic rings. The third-order valence-electron chi connectivity index (χ3n) is 3.99. The second kappa shape index (κ2) is 7.06. The van der Waals surface area contributed by atoms with Crippen molar-refractivity contribution in [2.75, 3.05) is 13.1 Å². The van der Waals surface area contributed by atoms with Crippen LogP contribution < -0.4 is 0 Å². The van der Waals surface area contributed by atoms with Crippen LogP contribution in [0.15, 0.2) is 43.0 Å². The Balaban J connectivity index is 1.42. The van der Waals surface area contributed by atoms with Gasteiger partial charge in [0.25, 0.3) is 0 Å². The van der Waals surface area contributed by atoms with Gasteiger partial charge in [0.05, 0.1) is 0 Å². The number of likely N-dealkylation sites (tertiary alicyclic amines) is 1. The molecular formula is C16H20N4O2. The van der Waals surface area contributed by atoms with Crippen LogP contribution in [0.4, 0.5) is 4.79 Å². The molecule has 3 rings (SSSR count). The molecule has 1 saturated heterocycles. The Kier molecular flexibility index (Phi) is 4.68. The Morgan fingerprint density at radius 1 is 1.23 bits per heavy atom. The minimum atomic E-state index is -0.219. The maximum absolute atomic E-state index is 12.1. The van der Waals surface area contributed by atoms with Gasteiger partial charge in [0.15, 0.2) is 0 Å². The summed E-state index contributed by atoms with van der Waals surface area (Å²) in [5.41, 5.74) is 1.01. The standard InChI is InChI=1S/C16H20N4O2/c21-16(22-11-15-4-2-1-3-5-15)19-8-6-14(7-9-19)10-20-13-17-12-18-20/h1-5,12-14H,6-11H2. The number of aromatic nitrogens is 3. The molecule has 0 saturated carbocycles. The van der Waals surface area contributed by atoms with E-state index in [9.17, 15) is 4.79 Å². The van der Waals surface area contributed by atoms with Gasteiger partial charge < -0.3 is 9.64 Å². The average molecular weight is 300 g/mol.